The molecule has 0 saturated carbocycles. The molecule has 2 rings (SSSR count). The number of carbonyl (C=O) groups is 2. The minimum Gasteiger partial charge on any atom is -0.481 e. The maximum Gasteiger partial charge on any atom is 0.336 e. The number of hydrogen-bond donors (Lipinski definition) is 1. The van der Waals surface area contributed by atoms with Gasteiger partial charge >= 0.3 is 11.9 Å². The minimum atomic E-state index is -1.08. The lowest BCUT2D eigenvalue weighted by molar-refractivity contribution is -0.142. The fraction of sp³-hybridized carbons (Fsp3) is 0.231. The fourth-order valence-electron chi connectivity index (χ4n) is 2.15. The molecule has 1 atom stereocenters. The number of rotatable bonds is 2. The van der Waals surface area contributed by atoms with Crippen LogP contribution in [0, 0.1) is 0 Å². The molecular formula is C13H12BrNO4. The van der Waals surface area contributed by atoms with E-state index in [4.69, 9.17) is 0 Å². The number of halogens is 1. The Hall–Kier alpha value is -1.82. The van der Waals surface area contributed by atoms with Crippen LogP contribution in [0.1, 0.15) is 11.5 Å². The van der Waals surface area contributed by atoms with Crippen molar-refractivity contribution >= 4 is 33.6 Å². The van der Waals surface area contributed by atoms with Gasteiger partial charge in [-0.15, -0.1) is 0 Å². The van der Waals surface area contributed by atoms with Crippen LogP contribution in [-0.4, -0.2) is 31.2 Å². The van der Waals surface area contributed by atoms with Crippen LogP contribution >= 0.6 is 15.9 Å². The summed E-state index contributed by atoms with van der Waals surface area (Å²) in [5.74, 6) is -2.73. The summed E-state index contributed by atoms with van der Waals surface area (Å²) < 4.78 is 5.42. The van der Waals surface area contributed by atoms with Crippen molar-refractivity contribution in [3.63, 3.8) is 0 Å². The second-order valence-corrected chi connectivity index (χ2v) is 5.08. The number of nitrogens with zero attached hydrogens (tertiary/aromatic N) is 1. The van der Waals surface area contributed by atoms with E-state index in [1.165, 1.54) is 13.3 Å². The zero-order valence-electron chi connectivity index (χ0n) is 10.4. The second kappa shape index (κ2) is 5.05. The van der Waals surface area contributed by atoms with Crippen molar-refractivity contribution in [2.24, 2.45) is 0 Å². The predicted molar refractivity (Wildman–Crippen MR) is 73.0 cm³/mol. The molecule has 0 amide bonds. The number of esters is 1. The third-order valence-electron chi connectivity index (χ3n) is 2.99. The highest BCUT2D eigenvalue weighted by molar-refractivity contribution is 9.10. The summed E-state index contributed by atoms with van der Waals surface area (Å²) in [6.45, 7) is 0. The van der Waals surface area contributed by atoms with E-state index in [-0.39, 0.29) is 5.57 Å². The van der Waals surface area contributed by atoms with E-state index in [0.29, 0.717) is 5.56 Å². The summed E-state index contributed by atoms with van der Waals surface area (Å²) in [6, 6.07) is 5.34. The molecule has 1 aliphatic rings. The summed E-state index contributed by atoms with van der Waals surface area (Å²) in [5, 5.41) is 9.39. The number of carbonyl (C=O) groups excluding carboxylic acids is 1. The molecule has 19 heavy (non-hydrogen) atoms. The molecule has 0 bridgehead atoms. The summed E-state index contributed by atoms with van der Waals surface area (Å²) in [4.78, 5) is 24.9. The first-order valence-corrected chi connectivity index (χ1v) is 6.30. The highest BCUT2D eigenvalue weighted by Gasteiger charge is 2.35. The minimum absolute atomic E-state index is 0.114. The van der Waals surface area contributed by atoms with E-state index < -0.39 is 17.9 Å². The van der Waals surface area contributed by atoms with E-state index in [1.807, 2.05) is 6.07 Å². The number of aliphatic carboxylic acids is 1. The van der Waals surface area contributed by atoms with Gasteiger partial charge in [0.2, 0.25) is 0 Å². The Labute approximate surface area is 118 Å². The van der Waals surface area contributed by atoms with Crippen LogP contribution in [0.15, 0.2) is 34.4 Å². The SMILES string of the molecule is COC(=O)C1=CN(C)c2ccc(Br)cc2C1C(=O)O. The molecule has 1 aromatic rings. The zero-order valence-corrected chi connectivity index (χ0v) is 12.0. The molecule has 5 nitrogen and oxygen atoms in total. The van der Waals surface area contributed by atoms with E-state index in [1.54, 1.807) is 24.1 Å². The molecule has 0 aliphatic carbocycles. The number of carboxylic acids is 1. The fourth-order valence-corrected chi connectivity index (χ4v) is 2.53. The van der Waals surface area contributed by atoms with Gasteiger partial charge in [-0.3, -0.25) is 4.79 Å². The maximum atomic E-state index is 11.7. The van der Waals surface area contributed by atoms with Crippen molar-refractivity contribution in [2.45, 2.75) is 5.92 Å². The molecule has 1 heterocycles. The van der Waals surface area contributed by atoms with Gasteiger partial charge in [-0.25, -0.2) is 4.79 Å². The summed E-state index contributed by atoms with van der Waals surface area (Å²) in [5.41, 5.74) is 1.43. The molecule has 0 fully saturated rings. The monoisotopic (exact) mass is 325 g/mol. The first-order chi connectivity index (χ1) is 8.95. The van der Waals surface area contributed by atoms with Gasteiger partial charge in [-0.1, -0.05) is 15.9 Å². The van der Waals surface area contributed by atoms with Crippen LogP contribution in [0.4, 0.5) is 5.69 Å². The van der Waals surface area contributed by atoms with E-state index >= 15 is 0 Å². The number of fused-ring (bicyclic) bond motifs is 1. The lowest BCUT2D eigenvalue weighted by Crippen LogP contribution is -2.29. The van der Waals surface area contributed by atoms with Gasteiger partial charge in [-0.05, 0) is 23.8 Å². The van der Waals surface area contributed by atoms with Crippen LogP contribution in [0.5, 0.6) is 0 Å². The molecule has 1 aliphatic heterocycles. The van der Waals surface area contributed by atoms with E-state index in [0.717, 1.165) is 10.2 Å². The first-order valence-electron chi connectivity index (χ1n) is 5.50. The number of methoxy groups -OCH3 is 1. The molecule has 1 aromatic carbocycles. The third-order valence-corrected chi connectivity index (χ3v) is 3.49. The quantitative estimate of drug-likeness (QED) is 0.844. The number of hydrogen-bond acceptors (Lipinski definition) is 4. The van der Waals surface area contributed by atoms with Crippen LogP contribution < -0.4 is 4.90 Å². The highest BCUT2D eigenvalue weighted by Crippen LogP contribution is 2.39. The average Bonchev–Trinajstić information content (AvgIpc) is 2.36. The Kier molecular flexibility index (Phi) is 3.61. The van der Waals surface area contributed by atoms with Gasteiger partial charge in [0, 0.05) is 23.4 Å². The number of benzene rings is 1. The van der Waals surface area contributed by atoms with Gasteiger partial charge < -0.3 is 14.7 Å². The van der Waals surface area contributed by atoms with Gasteiger partial charge in [0.25, 0.3) is 0 Å². The third kappa shape index (κ3) is 2.35. The summed E-state index contributed by atoms with van der Waals surface area (Å²) in [7, 11) is 2.99. The molecule has 100 valence electrons. The van der Waals surface area contributed by atoms with Gasteiger partial charge in [0.1, 0.15) is 5.92 Å². The van der Waals surface area contributed by atoms with Crippen molar-refractivity contribution in [3.05, 3.63) is 40.0 Å². The molecule has 6 heteroatoms. The Morgan fingerprint density at radius 3 is 2.68 bits per heavy atom. The smallest absolute Gasteiger partial charge is 0.336 e. The molecule has 0 radical (unpaired) electrons. The van der Waals surface area contributed by atoms with Gasteiger partial charge in [0.05, 0.1) is 12.7 Å². The van der Waals surface area contributed by atoms with Crippen molar-refractivity contribution in [2.75, 3.05) is 19.1 Å². The molecular weight excluding hydrogens is 314 g/mol. The normalized spacial score (nSPS) is 17.5. The largest absolute Gasteiger partial charge is 0.481 e. The molecule has 0 spiro atoms. The standard InChI is InChI=1S/C13H12BrNO4/c1-15-6-9(13(18)19-2)11(12(16)17)8-5-7(14)3-4-10(8)15/h3-6,11H,1-2H3,(H,16,17). The number of ether oxygens (including phenoxy) is 1. The van der Waals surface area contributed by atoms with E-state index in [9.17, 15) is 14.7 Å². The Balaban J connectivity index is 2.62. The predicted octanol–water partition coefficient (Wildman–Crippen LogP) is 2.12. The zero-order chi connectivity index (χ0) is 14.2. The van der Waals surface area contributed by atoms with Crippen LogP contribution in [0.3, 0.4) is 0 Å². The number of anilines is 1. The topological polar surface area (TPSA) is 66.8 Å². The Morgan fingerprint density at radius 2 is 2.11 bits per heavy atom. The van der Waals surface area contributed by atoms with Gasteiger partial charge in [0.15, 0.2) is 0 Å². The van der Waals surface area contributed by atoms with Crippen molar-refractivity contribution < 1.29 is 19.4 Å². The second-order valence-electron chi connectivity index (χ2n) is 4.16. The van der Waals surface area contributed by atoms with Crippen molar-refractivity contribution in [1.29, 1.82) is 0 Å². The van der Waals surface area contributed by atoms with Crippen molar-refractivity contribution in [3.8, 4) is 0 Å². The highest BCUT2D eigenvalue weighted by atomic mass is 79.9. The summed E-state index contributed by atoms with van der Waals surface area (Å²) >= 11 is 3.31. The molecule has 0 aromatic heterocycles. The number of carboxylic acid groups (broad SMARTS) is 1. The molecule has 0 saturated heterocycles. The van der Waals surface area contributed by atoms with Crippen LogP contribution in [0.2, 0.25) is 0 Å². The lowest BCUT2D eigenvalue weighted by atomic mass is 9.87. The van der Waals surface area contributed by atoms with Crippen LogP contribution in [0.25, 0.3) is 0 Å². The maximum absolute atomic E-state index is 11.7. The van der Waals surface area contributed by atoms with Crippen molar-refractivity contribution in [1.82, 2.24) is 0 Å². The molecule has 1 unspecified atom stereocenters. The molecule has 1 N–H and O–H groups in total. The van der Waals surface area contributed by atoms with Crippen LogP contribution in [-0.2, 0) is 14.3 Å². The Bertz CT molecular complexity index is 582. The van der Waals surface area contributed by atoms with E-state index in [2.05, 4.69) is 20.7 Å². The lowest BCUT2D eigenvalue weighted by Gasteiger charge is -2.29. The first kappa shape index (κ1) is 13.6. The average molecular weight is 326 g/mol. The summed E-state index contributed by atoms with van der Waals surface area (Å²) in [6.07, 6.45) is 1.50. The Morgan fingerprint density at radius 1 is 1.42 bits per heavy atom. The van der Waals surface area contributed by atoms with Gasteiger partial charge in [-0.2, -0.15) is 0 Å².